The lowest BCUT2D eigenvalue weighted by atomic mass is 10.1. The molecule has 0 radical (unpaired) electrons. The fourth-order valence-corrected chi connectivity index (χ4v) is 7.61. The molecule has 16 nitrogen and oxygen atoms in total. The van der Waals surface area contributed by atoms with E-state index in [0.717, 1.165) is 48.2 Å². The minimum atomic E-state index is -1.34. The molecule has 1 fully saturated rings. The first-order valence-electron chi connectivity index (χ1n) is 30.7. The molecule has 0 spiro atoms. The first kappa shape index (κ1) is 85.7. The molecule has 9 N–H and O–H groups in total. The van der Waals surface area contributed by atoms with Crippen LogP contribution < -0.4 is 22.9 Å². The molecule has 102 heavy (non-hydrogen) atoms. The molecule has 1 atom stereocenters. The summed E-state index contributed by atoms with van der Waals surface area (Å²) in [5.74, 6) is 28.1. The lowest BCUT2D eigenvalue weighted by molar-refractivity contribution is -0.139. The molecule has 8 aromatic carbocycles. The summed E-state index contributed by atoms with van der Waals surface area (Å²) in [4.78, 5) is 65.2. The monoisotopic (exact) mass is 1510 g/mol. The van der Waals surface area contributed by atoms with Crippen LogP contribution in [0.25, 0.3) is 0 Å². The van der Waals surface area contributed by atoms with Crippen LogP contribution in [0.3, 0.4) is 0 Å². The van der Waals surface area contributed by atoms with Crippen molar-refractivity contribution in [3.63, 3.8) is 0 Å². The maximum Gasteiger partial charge on any atom is 0.337 e. The number of hydrogen-bond donors (Lipinski definition) is 5. The third-order valence-corrected chi connectivity index (χ3v) is 14.8. The lowest BCUT2D eigenvalue weighted by Crippen LogP contribution is -2.24. The summed E-state index contributed by atoms with van der Waals surface area (Å²) in [5.41, 5.74) is 38.1. The number of anilines is 3. The van der Waals surface area contributed by atoms with Gasteiger partial charge in [-0.1, -0.05) is 80.7 Å². The molecule has 1 saturated heterocycles. The maximum atomic E-state index is 11.3. The third-order valence-electron chi connectivity index (χ3n) is 12.3. The number of hydrogen-bond acceptors (Lipinski definition) is 15. The zero-order valence-electron chi connectivity index (χ0n) is 58.3. The number of ether oxygens (including phenoxy) is 5. The summed E-state index contributed by atoms with van der Waals surface area (Å²) >= 11 is 2.18. The summed E-state index contributed by atoms with van der Waals surface area (Å²) in [6, 6.07) is 55.6. The second kappa shape index (κ2) is 46.7. The first-order chi connectivity index (χ1) is 48.5. The van der Waals surface area contributed by atoms with Gasteiger partial charge in [0.25, 0.3) is 0 Å². The topological polar surface area (TPSA) is 273 Å². The van der Waals surface area contributed by atoms with Crippen molar-refractivity contribution in [1.82, 2.24) is 0 Å². The van der Waals surface area contributed by atoms with Crippen molar-refractivity contribution >= 4 is 91.6 Å². The number of halogens is 1. The Balaban J connectivity index is 0.000000409. The lowest BCUT2D eigenvalue weighted by Gasteiger charge is -2.03. The van der Waals surface area contributed by atoms with Gasteiger partial charge in [-0.2, -0.15) is 0 Å². The predicted molar refractivity (Wildman–Crippen MR) is 419 cm³/mol. The normalized spacial score (nSPS) is 10.6. The molecule has 0 bridgehead atoms. The van der Waals surface area contributed by atoms with Gasteiger partial charge < -0.3 is 51.7 Å². The van der Waals surface area contributed by atoms with Crippen LogP contribution >= 0.6 is 22.6 Å². The van der Waals surface area contributed by atoms with Crippen LogP contribution in [0.2, 0.25) is 39.3 Å². The van der Waals surface area contributed by atoms with Gasteiger partial charge in [0.15, 0.2) is 0 Å². The van der Waals surface area contributed by atoms with E-state index in [-0.39, 0.29) is 41.5 Å². The quantitative estimate of drug-likeness (QED) is 0.0268. The van der Waals surface area contributed by atoms with Crippen molar-refractivity contribution in [2.45, 2.75) is 51.7 Å². The average Bonchev–Trinajstić information content (AvgIpc) is 0.976. The van der Waals surface area contributed by atoms with Crippen LogP contribution in [-0.4, -0.2) is 98.2 Å². The van der Waals surface area contributed by atoms with E-state index in [1.54, 1.807) is 121 Å². The zero-order valence-corrected chi connectivity index (χ0v) is 62.5. The third kappa shape index (κ3) is 37.4. The number of aromatic carboxylic acids is 1. The highest BCUT2D eigenvalue weighted by molar-refractivity contribution is 14.1. The standard InChI is InChI=1S/C18H13NO2.C17H11NO2.C13H16O2Si.C10H8O2.C8H7IO2.C8H7N.C5H10Si.C4H7NO2/c1-21-18(20)16-10-6-14(7-11-16)4-2-3-5-15-8-12-17(19)13-9-15;18-16-11-7-14(8-12-16)4-2-1-3-13-5-9-15(10-6-13)17(19)20;1-15-13(14)12-7-5-11(6-8-12)9-10-16(2,3)4;1-3-8-4-6-9(7-5-8)10(11)12-2;1-11-8(10)6-2-4-7(9)5-3-6;1-2-7-3-5-8(9)6-4-7;1-5-6(2,3)4;5-3-1-2-7-4(3)6/h6-13H,19H2,1H3;5-12H,18H2,(H,19,20);5-8H,1-4H3;1,4-7H,2H3;2-5H,1H3;1,3-6H,9H2;1H,2-4H3;3H,1-2,5H2. The van der Waals surface area contributed by atoms with Crippen molar-refractivity contribution in [2.24, 2.45) is 5.73 Å². The van der Waals surface area contributed by atoms with Crippen molar-refractivity contribution in [2.75, 3.05) is 52.2 Å². The van der Waals surface area contributed by atoms with Crippen LogP contribution in [-0.2, 0) is 28.5 Å². The number of terminal acetylenes is 3. The molecule has 1 aliphatic heterocycles. The van der Waals surface area contributed by atoms with Crippen molar-refractivity contribution in [3.8, 4) is 95.5 Å². The van der Waals surface area contributed by atoms with Crippen molar-refractivity contribution in [1.29, 1.82) is 0 Å². The van der Waals surface area contributed by atoms with Gasteiger partial charge in [-0.3, -0.25) is 4.79 Å². The molecule has 1 aliphatic rings. The van der Waals surface area contributed by atoms with Crippen LogP contribution in [0.15, 0.2) is 194 Å². The summed E-state index contributed by atoms with van der Waals surface area (Å²) in [5, 5.41) is 8.77. The van der Waals surface area contributed by atoms with Crippen LogP contribution in [0.4, 0.5) is 17.1 Å². The second-order valence-electron chi connectivity index (χ2n) is 22.7. The fraction of sp³-hybridized carbons (Fsp3) is 0.157. The smallest absolute Gasteiger partial charge is 0.337 e. The maximum absolute atomic E-state index is 11.3. The van der Waals surface area contributed by atoms with Gasteiger partial charge in [-0.25, -0.2) is 24.0 Å². The van der Waals surface area contributed by atoms with Gasteiger partial charge in [-0.05, 0) is 240 Å². The Hall–Kier alpha value is -12.4. The minimum absolute atomic E-state index is 0.239. The van der Waals surface area contributed by atoms with E-state index < -0.39 is 22.1 Å². The summed E-state index contributed by atoms with van der Waals surface area (Å²) < 4.78 is 23.9. The number of rotatable bonds is 5. The van der Waals surface area contributed by atoms with Crippen LogP contribution in [0.5, 0.6) is 0 Å². The summed E-state index contributed by atoms with van der Waals surface area (Å²) in [6.07, 6.45) is 16.0. The number of carboxylic acids is 1. The molecule has 8 aromatic rings. The molecular weight excluding hydrogens is 1430 g/mol. The number of cyclic esters (lactones) is 1. The van der Waals surface area contributed by atoms with E-state index >= 15 is 0 Å². The van der Waals surface area contributed by atoms with Gasteiger partial charge in [0.2, 0.25) is 0 Å². The van der Waals surface area contributed by atoms with E-state index in [9.17, 15) is 28.8 Å². The molecule has 1 heterocycles. The Bertz CT molecular complexity index is 4530. The summed E-state index contributed by atoms with van der Waals surface area (Å²) in [7, 11) is 3.01. The molecule has 9 rings (SSSR count). The Morgan fingerprint density at radius 3 is 0.882 bits per heavy atom. The molecule has 1 unspecified atom stereocenters. The van der Waals surface area contributed by atoms with Crippen molar-refractivity contribution in [3.05, 3.63) is 264 Å². The van der Waals surface area contributed by atoms with Gasteiger partial charge in [0, 0.05) is 66.0 Å². The molecule has 518 valence electrons. The number of carbonyl (C=O) groups is 6. The van der Waals surface area contributed by atoms with Crippen molar-refractivity contribution < 1.29 is 57.6 Å². The molecule has 0 aliphatic carbocycles. The average molecular weight is 1510 g/mol. The number of nitrogen functional groups attached to an aromatic ring is 3. The van der Waals surface area contributed by atoms with Gasteiger partial charge in [-0.15, -0.1) is 30.4 Å². The van der Waals surface area contributed by atoms with Gasteiger partial charge in [0.05, 0.1) is 62.9 Å². The number of benzene rings is 8. The van der Waals surface area contributed by atoms with E-state index in [1.165, 1.54) is 40.6 Å². The number of esters is 5. The number of carboxylic acid groups (broad SMARTS) is 1. The largest absolute Gasteiger partial charge is 0.478 e. The molecule has 0 saturated carbocycles. The van der Waals surface area contributed by atoms with Gasteiger partial charge in [0.1, 0.15) is 22.2 Å². The second-order valence-corrected chi connectivity index (χ2v) is 33.5. The van der Waals surface area contributed by atoms with Crippen LogP contribution in [0, 0.1) is 99.1 Å². The Labute approximate surface area is 614 Å². The zero-order chi connectivity index (χ0) is 76.0. The van der Waals surface area contributed by atoms with E-state index in [4.69, 9.17) is 47.3 Å². The Morgan fingerprint density at radius 2 is 0.667 bits per heavy atom. The highest BCUT2D eigenvalue weighted by Crippen LogP contribution is 2.12. The van der Waals surface area contributed by atoms with E-state index in [0.29, 0.717) is 46.7 Å². The Morgan fingerprint density at radius 1 is 0.422 bits per heavy atom. The molecule has 0 aromatic heterocycles. The molecule has 19 heteroatoms. The highest BCUT2D eigenvalue weighted by atomic mass is 127. The molecular formula is C83H79IN4O12Si2. The number of nitrogens with two attached hydrogens (primary N) is 4. The number of methoxy groups -OCH3 is 4. The minimum Gasteiger partial charge on any atom is -0.478 e. The van der Waals surface area contributed by atoms with Crippen LogP contribution in [0.1, 0.15) is 97.2 Å². The Kier molecular flexibility index (Phi) is 39.3. The highest BCUT2D eigenvalue weighted by Gasteiger charge is 2.21. The predicted octanol–water partition coefficient (Wildman–Crippen LogP) is 13.1. The summed E-state index contributed by atoms with van der Waals surface area (Å²) in [6.45, 7) is 13.5. The fourth-order valence-electron chi connectivity index (χ4n) is 6.73. The molecule has 0 amide bonds. The van der Waals surface area contributed by atoms with E-state index in [1.807, 2.05) is 60.7 Å². The van der Waals surface area contributed by atoms with Gasteiger partial charge >= 0.3 is 35.8 Å². The van der Waals surface area contributed by atoms with E-state index in [2.05, 4.69) is 162 Å². The number of carbonyl (C=O) groups excluding carboxylic acids is 5. The SMILES string of the molecule is C#C[Si](C)(C)C.C#Cc1ccc(C(=O)OC)cc1.C#Cc1ccc(N)cc1.COC(=O)c1ccc(C#CC#Cc2ccc(N)cc2)cc1.COC(=O)c1ccc(C#C[Si](C)(C)C)cc1.COC(=O)c1ccc(I)cc1.NC1CCOC1=O.Nc1ccc(C#CC#Cc2ccc(C(=O)O)cc2)cc1. The first-order valence-corrected chi connectivity index (χ1v) is 38.7.